The summed E-state index contributed by atoms with van der Waals surface area (Å²) in [5.74, 6) is 0. The van der Waals surface area contributed by atoms with Gasteiger partial charge in [-0.05, 0) is 28.8 Å². The lowest BCUT2D eigenvalue weighted by Gasteiger charge is -2.35. The minimum absolute atomic E-state index is 0. The fourth-order valence-electron chi connectivity index (χ4n) is 3.71. The molecule has 2 aliphatic rings. The highest BCUT2D eigenvalue weighted by Crippen LogP contribution is 2.49. The van der Waals surface area contributed by atoms with Gasteiger partial charge >= 0.3 is 6.18 Å². The van der Waals surface area contributed by atoms with Crippen LogP contribution in [0.4, 0.5) is 17.6 Å². The second-order valence-corrected chi connectivity index (χ2v) is 8.61. The van der Waals surface area contributed by atoms with Crippen LogP contribution in [0, 0.1) is 0 Å². The van der Waals surface area contributed by atoms with Crippen LogP contribution in [0.2, 0.25) is 15.1 Å². The lowest BCUT2D eigenvalue weighted by atomic mass is 9.76. The van der Waals surface area contributed by atoms with Gasteiger partial charge in [0.25, 0.3) is 0 Å². The molecule has 0 bridgehead atoms. The molecule has 1 fully saturated rings. The first-order valence-corrected chi connectivity index (χ1v) is 9.95. The number of halogens is 8. The van der Waals surface area contributed by atoms with E-state index >= 15 is 0 Å². The maximum absolute atomic E-state index is 14.5. The van der Waals surface area contributed by atoms with E-state index in [2.05, 4.69) is 10.3 Å². The Hall–Kier alpha value is -1.05. The van der Waals surface area contributed by atoms with Crippen LogP contribution in [0.25, 0.3) is 0 Å². The molecule has 10 heteroatoms. The van der Waals surface area contributed by atoms with Crippen LogP contribution in [-0.2, 0) is 11.1 Å². The van der Waals surface area contributed by atoms with E-state index in [1.807, 2.05) is 0 Å². The SMILES string of the molecule is Cl.FC1(c2ccc(C3=NCC(c4cc(Cl)c(Cl)c(Cl)c4)(C(F)(F)F)C3)cc2)CNC1. The van der Waals surface area contributed by atoms with Gasteiger partial charge in [0.05, 0.1) is 21.6 Å². The van der Waals surface area contributed by atoms with Gasteiger partial charge in [0.1, 0.15) is 5.41 Å². The Balaban J connectivity index is 0.00000256. The Morgan fingerprint density at radius 1 is 0.933 bits per heavy atom. The van der Waals surface area contributed by atoms with E-state index in [-0.39, 0.29) is 52.5 Å². The van der Waals surface area contributed by atoms with Gasteiger partial charge in [-0.15, -0.1) is 12.4 Å². The molecule has 1 saturated heterocycles. The monoisotopic (exact) mass is 500 g/mol. The summed E-state index contributed by atoms with van der Waals surface area (Å²) in [6.45, 7) is -0.0377. The molecule has 1 unspecified atom stereocenters. The Kier molecular flexibility index (Phi) is 6.40. The van der Waals surface area contributed by atoms with Gasteiger partial charge in [-0.2, -0.15) is 13.2 Å². The first kappa shape index (κ1) is 23.6. The molecule has 162 valence electrons. The largest absolute Gasteiger partial charge is 0.400 e. The number of rotatable bonds is 3. The van der Waals surface area contributed by atoms with Crippen LogP contribution in [0.3, 0.4) is 0 Å². The maximum Gasteiger partial charge on any atom is 0.400 e. The molecule has 0 radical (unpaired) electrons. The van der Waals surface area contributed by atoms with Crippen molar-refractivity contribution in [3.63, 3.8) is 0 Å². The van der Waals surface area contributed by atoms with Gasteiger partial charge in [-0.25, -0.2) is 4.39 Å². The van der Waals surface area contributed by atoms with E-state index in [0.29, 0.717) is 16.8 Å². The molecule has 0 aliphatic carbocycles. The molecule has 0 amide bonds. The van der Waals surface area contributed by atoms with Crippen molar-refractivity contribution in [3.8, 4) is 0 Å². The van der Waals surface area contributed by atoms with Crippen molar-refractivity contribution in [2.24, 2.45) is 4.99 Å². The van der Waals surface area contributed by atoms with Gasteiger partial charge < -0.3 is 5.32 Å². The molecule has 30 heavy (non-hydrogen) atoms. The quantitative estimate of drug-likeness (QED) is 0.375. The van der Waals surface area contributed by atoms with E-state index in [9.17, 15) is 17.6 Å². The van der Waals surface area contributed by atoms with Crippen molar-refractivity contribution in [3.05, 3.63) is 68.2 Å². The van der Waals surface area contributed by atoms with E-state index in [1.165, 1.54) is 12.1 Å². The molecule has 4 rings (SSSR count). The van der Waals surface area contributed by atoms with Crippen LogP contribution in [-0.4, -0.2) is 31.5 Å². The maximum atomic E-state index is 14.5. The molecular weight excluding hydrogens is 486 g/mol. The van der Waals surface area contributed by atoms with E-state index in [0.717, 1.165) is 0 Å². The second-order valence-electron chi connectivity index (χ2n) is 7.42. The first-order chi connectivity index (χ1) is 13.6. The molecule has 2 aromatic rings. The normalized spacial score (nSPS) is 22.8. The summed E-state index contributed by atoms with van der Waals surface area (Å²) in [4.78, 5) is 4.18. The molecule has 1 N–H and O–H groups in total. The highest BCUT2D eigenvalue weighted by Gasteiger charge is 2.58. The average Bonchev–Trinajstić information content (AvgIpc) is 3.11. The highest BCUT2D eigenvalue weighted by atomic mass is 35.5. The highest BCUT2D eigenvalue weighted by molar-refractivity contribution is 6.48. The third kappa shape index (κ3) is 3.82. The molecule has 2 nitrogen and oxygen atoms in total. The van der Waals surface area contributed by atoms with Crippen molar-refractivity contribution in [1.82, 2.24) is 5.32 Å². The molecular formula is C20H16Cl4F4N2. The molecule has 2 aromatic carbocycles. The van der Waals surface area contributed by atoms with Crippen LogP contribution in [0.5, 0.6) is 0 Å². The van der Waals surface area contributed by atoms with Crippen molar-refractivity contribution >= 4 is 52.9 Å². The van der Waals surface area contributed by atoms with Crippen molar-refractivity contribution in [2.75, 3.05) is 19.6 Å². The summed E-state index contributed by atoms with van der Waals surface area (Å²) < 4.78 is 57.0. The van der Waals surface area contributed by atoms with Gasteiger partial charge in [0.15, 0.2) is 5.67 Å². The summed E-state index contributed by atoms with van der Waals surface area (Å²) in [6, 6.07) is 8.82. The Morgan fingerprint density at radius 3 is 1.97 bits per heavy atom. The molecule has 0 aromatic heterocycles. The van der Waals surface area contributed by atoms with Crippen LogP contribution >= 0.6 is 47.2 Å². The topological polar surface area (TPSA) is 24.4 Å². The van der Waals surface area contributed by atoms with E-state index < -0.39 is 23.8 Å². The molecule has 0 saturated carbocycles. The summed E-state index contributed by atoms with van der Waals surface area (Å²) in [5.41, 5.74) is -2.43. The minimum atomic E-state index is -4.58. The summed E-state index contributed by atoms with van der Waals surface area (Å²) >= 11 is 17.9. The predicted molar refractivity (Wildman–Crippen MR) is 115 cm³/mol. The Morgan fingerprint density at radius 2 is 1.50 bits per heavy atom. The lowest BCUT2D eigenvalue weighted by Crippen LogP contribution is -2.53. The molecule has 0 spiro atoms. The van der Waals surface area contributed by atoms with Gasteiger partial charge in [0.2, 0.25) is 0 Å². The number of hydrogen-bond donors (Lipinski definition) is 1. The fraction of sp³-hybridized carbons (Fsp3) is 0.350. The number of aliphatic imine (C=N–C) groups is 1. The molecule has 1 atom stereocenters. The van der Waals surface area contributed by atoms with Gasteiger partial charge in [-0.3, -0.25) is 4.99 Å². The third-order valence-electron chi connectivity index (χ3n) is 5.63. The zero-order chi connectivity index (χ0) is 21.0. The van der Waals surface area contributed by atoms with Crippen LogP contribution in [0.1, 0.15) is 23.1 Å². The van der Waals surface area contributed by atoms with Crippen molar-refractivity contribution in [1.29, 1.82) is 0 Å². The zero-order valence-corrected chi connectivity index (χ0v) is 18.4. The van der Waals surface area contributed by atoms with Crippen LogP contribution in [0.15, 0.2) is 41.4 Å². The fourth-order valence-corrected chi connectivity index (χ4v) is 4.31. The molecule has 2 heterocycles. The smallest absolute Gasteiger partial charge is 0.310 e. The Bertz CT molecular complexity index is 964. The standard InChI is InChI=1S/C20H15Cl3F4N2.ClH/c21-14-5-13(6-15(22)17(14)23)18(20(25,26)27)7-16(29-8-18)11-1-3-12(4-2-11)19(24)9-28-10-19;/h1-6,28H,7-10H2;1H. The average molecular weight is 502 g/mol. The third-order valence-corrected chi connectivity index (χ3v) is 6.83. The number of nitrogens with one attached hydrogen (secondary N) is 1. The van der Waals surface area contributed by atoms with E-state index in [4.69, 9.17) is 34.8 Å². The number of hydrogen-bond acceptors (Lipinski definition) is 2. The number of alkyl halides is 4. The van der Waals surface area contributed by atoms with Gasteiger partial charge in [0, 0.05) is 25.2 Å². The lowest BCUT2D eigenvalue weighted by molar-refractivity contribution is -0.183. The number of benzene rings is 2. The van der Waals surface area contributed by atoms with Gasteiger partial charge in [-0.1, -0.05) is 59.1 Å². The van der Waals surface area contributed by atoms with Crippen molar-refractivity contribution < 1.29 is 17.6 Å². The minimum Gasteiger partial charge on any atom is -0.310 e. The summed E-state index contributed by atoms with van der Waals surface area (Å²) in [6.07, 6.45) is -4.95. The van der Waals surface area contributed by atoms with E-state index in [1.54, 1.807) is 24.3 Å². The second kappa shape index (κ2) is 8.14. The first-order valence-electron chi connectivity index (χ1n) is 8.81. The number of nitrogens with zero attached hydrogens (tertiary/aromatic N) is 1. The summed E-state index contributed by atoms with van der Waals surface area (Å²) in [7, 11) is 0. The van der Waals surface area contributed by atoms with Crippen LogP contribution < -0.4 is 5.32 Å². The Labute approximate surface area is 192 Å². The zero-order valence-electron chi connectivity index (χ0n) is 15.3. The van der Waals surface area contributed by atoms with Crippen molar-refractivity contribution in [2.45, 2.75) is 23.7 Å². The summed E-state index contributed by atoms with van der Waals surface area (Å²) in [5, 5.41) is 2.80. The molecule has 2 aliphatic heterocycles. The predicted octanol–water partition coefficient (Wildman–Crippen LogP) is 6.53.